The highest BCUT2D eigenvalue weighted by molar-refractivity contribution is 7.44. The van der Waals surface area contributed by atoms with Crippen molar-refractivity contribution in [3.63, 3.8) is 0 Å². The maximum Gasteiger partial charge on any atom is -0.0182 e. The van der Waals surface area contributed by atoms with Crippen LogP contribution in [0.2, 0.25) is 0 Å². The van der Waals surface area contributed by atoms with Crippen molar-refractivity contribution in [2.45, 2.75) is 19.5 Å². The van der Waals surface area contributed by atoms with Crippen molar-refractivity contribution in [3.8, 4) is 12.1 Å². The Kier molecular flexibility index (Phi) is 3.19. The first kappa shape index (κ1) is 5.99. The topological polar surface area (TPSA) is 0 Å². The summed E-state index contributed by atoms with van der Waals surface area (Å²) in [6, 6.07) is 0. The van der Waals surface area contributed by atoms with E-state index in [0.29, 0.717) is 14.2 Å². The number of hydrogen-bond donors (Lipinski definition) is 0. The first-order valence-electron chi connectivity index (χ1n) is 1.98. The molecule has 0 rings (SSSR count). The summed E-state index contributed by atoms with van der Waals surface area (Å²) < 4.78 is 0. The second-order valence-electron chi connectivity index (χ2n) is 1.44. The van der Waals surface area contributed by atoms with Crippen molar-refractivity contribution >= 4 is 8.58 Å². The zero-order valence-electron chi connectivity index (χ0n) is 4.15. The molecule has 1 unspecified atom stereocenters. The zero-order valence-corrected chi connectivity index (χ0v) is 5.15. The van der Waals surface area contributed by atoms with Gasteiger partial charge in [-0.25, -0.2) is 0 Å². The third-order valence-corrected chi connectivity index (χ3v) is 1.12. The molecule has 1 atom stereocenters. The third-order valence-electron chi connectivity index (χ3n) is 0.372. The summed E-state index contributed by atoms with van der Waals surface area (Å²) in [5, 5.41) is 0. The van der Waals surface area contributed by atoms with Crippen molar-refractivity contribution in [2.75, 3.05) is 0 Å². The Labute approximate surface area is 41.1 Å². The van der Waals surface area contributed by atoms with E-state index in [0.717, 1.165) is 0 Å². The van der Waals surface area contributed by atoms with Crippen LogP contribution in [0.1, 0.15) is 13.8 Å². The quantitative estimate of drug-likeness (QED) is 0.347. The van der Waals surface area contributed by atoms with Crippen molar-refractivity contribution < 1.29 is 0 Å². The molecule has 0 nitrogen and oxygen atoms in total. The van der Waals surface area contributed by atoms with Gasteiger partial charge >= 0.3 is 0 Å². The van der Waals surface area contributed by atoms with Gasteiger partial charge in [-0.2, -0.15) is 0 Å². The van der Waals surface area contributed by atoms with Crippen LogP contribution >= 0.6 is 8.58 Å². The molecule has 0 saturated carbocycles. The first-order chi connectivity index (χ1) is 2.77. The van der Waals surface area contributed by atoms with Gasteiger partial charge in [-0.15, -0.1) is 6.42 Å². The van der Waals surface area contributed by atoms with Crippen molar-refractivity contribution in [1.29, 1.82) is 0 Å². The Morgan fingerprint density at radius 3 is 2.17 bits per heavy atom. The van der Waals surface area contributed by atoms with Crippen LogP contribution in [0.5, 0.6) is 0 Å². The third kappa shape index (κ3) is 3.99. The molecule has 0 amide bonds. The van der Waals surface area contributed by atoms with Gasteiger partial charge in [0.25, 0.3) is 0 Å². The lowest BCUT2D eigenvalue weighted by atomic mass is 10.6. The minimum absolute atomic E-state index is 0.690. The zero-order chi connectivity index (χ0) is 4.99. The van der Waals surface area contributed by atoms with E-state index in [2.05, 4.69) is 19.5 Å². The SMILES string of the molecule is C#CPC(C)C. The second kappa shape index (κ2) is 3.19. The molecule has 0 aliphatic rings. The average molecular weight is 100 g/mol. The fourth-order valence-corrected chi connectivity index (χ4v) is 0.500. The van der Waals surface area contributed by atoms with Crippen LogP contribution in [0.25, 0.3) is 0 Å². The Hall–Kier alpha value is -0.0100. The standard InChI is InChI=1S/C5H9P/c1-4-6-5(2)3/h1,5-6H,2-3H3. The van der Waals surface area contributed by atoms with Gasteiger partial charge in [0, 0.05) is 0 Å². The van der Waals surface area contributed by atoms with Crippen LogP contribution < -0.4 is 0 Å². The molecule has 0 N–H and O–H groups in total. The van der Waals surface area contributed by atoms with Crippen LogP contribution in [0.4, 0.5) is 0 Å². The van der Waals surface area contributed by atoms with Gasteiger partial charge in [0.15, 0.2) is 0 Å². The molecule has 0 saturated heterocycles. The molecular formula is C5H9P. The molecular weight excluding hydrogens is 91.0 g/mol. The van der Waals surface area contributed by atoms with E-state index >= 15 is 0 Å². The molecule has 0 radical (unpaired) electrons. The molecule has 0 aromatic rings. The van der Waals surface area contributed by atoms with Crippen molar-refractivity contribution in [2.24, 2.45) is 0 Å². The monoisotopic (exact) mass is 100 g/mol. The summed E-state index contributed by atoms with van der Waals surface area (Å²) in [4.78, 5) is 0. The fourth-order valence-electron chi connectivity index (χ4n) is 0.167. The Bertz CT molecular complexity index is 58.8. The van der Waals surface area contributed by atoms with E-state index in [1.165, 1.54) is 0 Å². The molecule has 0 spiro atoms. The van der Waals surface area contributed by atoms with Gasteiger partial charge in [-0.3, -0.25) is 0 Å². The van der Waals surface area contributed by atoms with Crippen LogP contribution in [0.15, 0.2) is 0 Å². The molecule has 0 aromatic carbocycles. The van der Waals surface area contributed by atoms with Crippen LogP contribution in [-0.2, 0) is 0 Å². The summed E-state index contributed by atoms with van der Waals surface area (Å²) in [7, 11) is 0.699. The summed E-state index contributed by atoms with van der Waals surface area (Å²) in [5.74, 6) is 0. The molecule has 1 heteroatoms. The lowest BCUT2D eigenvalue weighted by Gasteiger charge is -1.90. The molecule has 0 fully saturated rings. The number of hydrogen-bond acceptors (Lipinski definition) is 0. The minimum atomic E-state index is 0.690. The first-order valence-corrected chi connectivity index (χ1v) is 3.06. The molecule has 0 heterocycles. The normalized spacial score (nSPS) is 10.3. The van der Waals surface area contributed by atoms with E-state index in [-0.39, 0.29) is 0 Å². The van der Waals surface area contributed by atoms with E-state index in [9.17, 15) is 0 Å². The molecule has 0 aliphatic heterocycles. The highest BCUT2D eigenvalue weighted by atomic mass is 31.1. The highest BCUT2D eigenvalue weighted by Crippen LogP contribution is 2.13. The second-order valence-corrected chi connectivity index (χ2v) is 3.18. The van der Waals surface area contributed by atoms with Gasteiger partial charge in [-0.05, 0) is 14.2 Å². The van der Waals surface area contributed by atoms with Gasteiger partial charge in [0.2, 0.25) is 0 Å². The van der Waals surface area contributed by atoms with Crippen molar-refractivity contribution in [1.82, 2.24) is 0 Å². The Morgan fingerprint density at radius 2 is 2.17 bits per heavy atom. The molecule has 34 valence electrons. The molecule has 6 heavy (non-hydrogen) atoms. The van der Waals surface area contributed by atoms with Gasteiger partial charge in [0.1, 0.15) is 0 Å². The van der Waals surface area contributed by atoms with Crippen LogP contribution in [-0.4, -0.2) is 5.66 Å². The summed E-state index contributed by atoms with van der Waals surface area (Å²) in [5.41, 5.74) is 3.28. The van der Waals surface area contributed by atoms with Crippen LogP contribution in [0, 0.1) is 12.1 Å². The number of rotatable bonds is 1. The predicted molar refractivity (Wildman–Crippen MR) is 32.3 cm³/mol. The van der Waals surface area contributed by atoms with Gasteiger partial charge in [0.05, 0.1) is 0 Å². The van der Waals surface area contributed by atoms with Crippen LogP contribution in [0.3, 0.4) is 0 Å². The maximum absolute atomic E-state index is 4.99. The Morgan fingerprint density at radius 1 is 1.67 bits per heavy atom. The summed E-state index contributed by atoms with van der Waals surface area (Å²) in [6.07, 6.45) is 4.99. The Balaban J connectivity index is 2.88. The largest absolute Gasteiger partial charge is 0.116 e. The lowest BCUT2D eigenvalue weighted by molar-refractivity contribution is 1.11. The van der Waals surface area contributed by atoms with Gasteiger partial charge < -0.3 is 0 Å². The summed E-state index contributed by atoms with van der Waals surface area (Å²) in [6.45, 7) is 4.25. The molecule has 0 aromatic heterocycles. The van der Waals surface area contributed by atoms with E-state index in [1.54, 1.807) is 0 Å². The highest BCUT2D eigenvalue weighted by Gasteiger charge is 1.82. The minimum Gasteiger partial charge on any atom is -0.116 e. The van der Waals surface area contributed by atoms with E-state index in [1.807, 2.05) is 0 Å². The van der Waals surface area contributed by atoms with Gasteiger partial charge in [-0.1, -0.05) is 19.5 Å². The van der Waals surface area contributed by atoms with E-state index < -0.39 is 0 Å². The average Bonchev–Trinajstić information content (AvgIpc) is 1.35. The molecule has 0 aliphatic carbocycles. The molecule has 0 bridgehead atoms. The predicted octanol–water partition coefficient (Wildman–Crippen LogP) is 1.66. The number of terminal acetylenes is 1. The van der Waals surface area contributed by atoms with Crippen molar-refractivity contribution in [3.05, 3.63) is 0 Å². The smallest absolute Gasteiger partial charge is 0.0182 e. The van der Waals surface area contributed by atoms with E-state index in [4.69, 9.17) is 6.42 Å². The fraction of sp³-hybridized carbons (Fsp3) is 0.600. The lowest BCUT2D eigenvalue weighted by Crippen LogP contribution is -1.76. The maximum atomic E-state index is 4.99. The summed E-state index contributed by atoms with van der Waals surface area (Å²) >= 11 is 0.